The van der Waals surface area contributed by atoms with Gasteiger partial charge in [-0.25, -0.2) is 14.1 Å². The van der Waals surface area contributed by atoms with Gasteiger partial charge in [0.1, 0.15) is 10.8 Å². The third-order valence-electron chi connectivity index (χ3n) is 5.14. The summed E-state index contributed by atoms with van der Waals surface area (Å²) in [4.78, 5) is 20.3. The Bertz CT molecular complexity index is 1390. The molecule has 0 radical (unpaired) electrons. The van der Waals surface area contributed by atoms with Crippen molar-refractivity contribution in [1.29, 1.82) is 0 Å². The molecule has 5 aromatic rings. The van der Waals surface area contributed by atoms with E-state index in [-0.39, 0.29) is 5.56 Å². The first kappa shape index (κ1) is 21.2. The van der Waals surface area contributed by atoms with Crippen LogP contribution in [0, 0.1) is 5.82 Å². The first-order valence-electron chi connectivity index (χ1n) is 10.4. The van der Waals surface area contributed by atoms with Gasteiger partial charge < -0.3 is 0 Å². The third-order valence-corrected chi connectivity index (χ3v) is 7.01. The number of benzene rings is 2. The minimum absolute atomic E-state index is 0.0298. The van der Waals surface area contributed by atoms with E-state index in [1.165, 1.54) is 34.8 Å². The van der Waals surface area contributed by atoms with Crippen LogP contribution in [0.4, 0.5) is 15.1 Å². The number of anilines is 2. The number of carbonyl (C=O) groups excluding carboxylic acids is 1. The van der Waals surface area contributed by atoms with Gasteiger partial charge >= 0.3 is 0 Å². The normalized spacial score (nSPS) is 11.0. The molecule has 164 valence electrons. The quantitative estimate of drug-likeness (QED) is 0.274. The number of nitrogens with zero attached hydrogens (tertiary/aromatic N) is 4. The van der Waals surface area contributed by atoms with Crippen LogP contribution in [-0.2, 0) is 6.42 Å². The fourth-order valence-electron chi connectivity index (χ4n) is 3.57. The van der Waals surface area contributed by atoms with E-state index in [9.17, 15) is 9.18 Å². The van der Waals surface area contributed by atoms with Crippen molar-refractivity contribution in [2.45, 2.75) is 13.3 Å². The average Bonchev–Trinajstić information content (AvgIpc) is 3.60. The maximum Gasteiger partial charge on any atom is 0.266 e. The van der Waals surface area contributed by atoms with Gasteiger partial charge in [-0.15, -0.1) is 22.7 Å². The van der Waals surface area contributed by atoms with Gasteiger partial charge in [-0.2, -0.15) is 5.10 Å². The largest absolute Gasteiger partial charge is 0.268 e. The molecular formula is C25H19FN4OS2. The third kappa shape index (κ3) is 4.10. The Balaban J connectivity index is 1.57. The van der Waals surface area contributed by atoms with E-state index < -0.39 is 11.7 Å². The van der Waals surface area contributed by atoms with Crippen LogP contribution in [-0.4, -0.2) is 20.7 Å². The summed E-state index contributed by atoms with van der Waals surface area (Å²) in [5.74, 6) is -0.958. The molecule has 0 atom stereocenters. The van der Waals surface area contributed by atoms with Crippen LogP contribution in [0.15, 0.2) is 84.5 Å². The van der Waals surface area contributed by atoms with E-state index >= 15 is 0 Å². The highest BCUT2D eigenvalue weighted by Gasteiger charge is 2.24. The number of hydrogen-bond acceptors (Lipinski definition) is 5. The topological polar surface area (TPSA) is 51.0 Å². The van der Waals surface area contributed by atoms with Gasteiger partial charge in [0.15, 0.2) is 0 Å². The number of amides is 1. The predicted molar refractivity (Wildman–Crippen MR) is 131 cm³/mol. The lowest BCUT2D eigenvalue weighted by molar-refractivity contribution is 0.0996. The van der Waals surface area contributed by atoms with E-state index in [0.29, 0.717) is 10.7 Å². The van der Waals surface area contributed by atoms with Gasteiger partial charge in [0.2, 0.25) is 5.13 Å². The minimum atomic E-state index is -0.543. The maximum atomic E-state index is 14.5. The molecule has 0 aliphatic rings. The first-order chi connectivity index (χ1) is 16.2. The van der Waals surface area contributed by atoms with Gasteiger partial charge in [0.25, 0.3) is 5.91 Å². The Labute approximate surface area is 198 Å². The summed E-state index contributed by atoms with van der Waals surface area (Å²) in [6, 6.07) is 19.2. The number of rotatable bonds is 6. The number of thiazole rings is 1. The van der Waals surface area contributed by atoms with Crippen molar-refractivity contribution in [3.05, 3.63) is 102 Å². The summed E-state index contributed by atoms with van der Waals surface area (Å²) in [7, 11) is 0. The van der Waals surface area contributed by atoms with Crippen LogP contribution < -0.4 is 4.90 Å². The summed E-state index contributed by atoms with van der Waals surface area (Å²) in [6.07, 6.45) is 4.48. The second-order valence-corrected chi connectivity index (χ2v) is 9.13. The molecule has 0 fully saturated rings. The van der Waals surface area contributed by atoms with Gasteiger partial charge in [-0.3, -0.25) is 9.69 Å². The van der Waals surface area contributed by atoms with Gasteiger partial charge in [-0.1, -0.05) is 37.3 Å². The molecule has 33 heavy (non-hydrogen) atoms. The molecule has 0 N–H and O–H groups in total. The predicted octanol–water partition coefficient (Wildman–Crippen LogP) is 6.74. The van der Waals surface area contributed by atoms with E-state index in [1.807, 2.05) is 54.0 Å². The number of halogens is 1. The van der Waals surface area contributed by atoms with Crippen molar-refractivity contribution >= 4 is 39.3 Å². The zero-order chi connectivity index (χ0) is 22.8. The van der Waals surface area contributed by atoms with Crippen molar-refractivity contribution in [1.82, 2.24) is 14.8 Å². The number of aryl methyl sites for hydroxylation is 1. The lowest BCUT2D eigenvalue weighted by atomic mass is 10.1. The Morgan fingerprint density at radius 3 is 2.58 bits per heavy atom. The van der Waals surface area contributed by atoms with E-state index in [2.05, 4.69) is 11.9 Å². The fourth-order valence-corrected chi connectivity index (χ4v) is 5.20. The number of carbonyl (C=O) groups is 1. The molecule has 5 nitrogen and oxygen atoms in total. The Morgan fingerprint density at radius 1 is 1.06 bits per heavy atom. The maximum absolute atomic E-state index is 14.5. The molecule has 5 rings (SSSR count). The Morgan fingerprint density at radius 2 is 1.85 bits per heavy atom. The van der Waals surface area contributed by atoms with E-state index in [4.69, 9.17) is 5.10 Å². The first-order valence-corrected chi connectivity index (χ1v) is 12.1. The molecule has 3 aromatic heterocycles. The van der Waals surface area contributed by atoms with Crippen LogP contribution in [0.3, 0.4) is 0 Å². The van der Waals surface area contributed by atoms with Gasteiger partial charge in [-0.05, 0) is 42.8 Å². The van der Waals surface area contributed by atoms with Crippen molar-refractivity contribution in [3.63, 3.8) is 0 Å². The summed E-state index contributed by atoms with van der Waals surface area (Å²) in [5.41, 5.74) is 2.65. The van der Waals surface area contributed by atoms with Crippen LogP contribution in [0.1, 0.15) is 23.0 Å². The molecule has 1 amide bonds. The van der Waals surface area contributed by atoms with Crippen molar-refractivity contribution < 1.29 is 9.18 Å². The zero-order valence-electron chi connectivity index (χ0n) is 17.7. The fraction of sp³-hybridized carbons (Fsp3) is 0.0800. The molecule has 0 saturated carbocycles. The molecule has 0 unspecified atom stereocenters. The highest BCUT2D eigenvalue weighted by molar-refractivity contribution is 7.19. The van der Waals surface area contributed by atoms with E-state index in [1.54, 1.807) is 27.9 Å². The van der Waals surface area contributed by atoms with Crippen LogP contribution in [0.2, 0.25) is 0 Å². The minimum Gasteiger partial charge on any atom is -0.268 e. The lowest BCUT2D eigenvalue weighted by Crippen LogP contribution is -2.26. The molecule has 0 aliphatic heterocycles. The summed E-state index contributed by atoms with van der Waals surface area (Å²) >= 11 is 2.99. The standard InChI is InChI=1S/C25H19FN4OS2/c1-2-21-19(16-29(28-21)25-27-14-15-32-25)22-12-13-23(33-22)30(17-8-4-3-5-9-17)24(31)18-10-6-7-11-20(18)26/h3-16H,2H2,1H3. The van der Waals surface area contributed by atoms with Crippen molar-refractivity contribution in [2.24, 2.45) is 0 Å². The highest BCUT2D eigenvalue weighted by Crippen LogP contribution is 2.39. The number of para-hydroxylation sites is 1. The Hall–Kier alpha value is -3.62. The summed E-state index contributed by atoms with van der Waals surface area (Å²) in [5, 5.41) is 8.11. The van der Waals surface area contributed by atoms with Crippen molar-refractivity contribution in [2.75, 3.05) is 4.90 Å². The highest BCUT2D eigenvalue weighted by atomic mass is 32.1. The van der Waals surface area contributed by atoms with Crippen LogP contribution in [0.5, 0.6) is 0 Å². The Kier molecular flexibility index (Phi) is 5.85. The molecule has 0 bridgehead atoms. The molecule has 8 heteroatoms. The monoisotopic (exact) mass is 474 g/mol. The second kappa shape index (κ2) is 9.09. The average molecular weight is 475 g/mol. The number of thiophene rings is 1. The van der Waals surface area contributed by atoms with Crippen molar-refractivity contribution in [3.8, 4) is 15.6 Å². The molecule has 2 aromatic carbocycles. The van der Waals surface area contributed by atoms with Crippen LogP contribution in [0.25, 0.3) is 15.6 Å². The van der Waals surface area contributed by atoms with Gasteiger partial charge in [0.05, 0.1) is 16.9 Å². The van der Waals surface area contributed by atoms with Crippen LogP contribution >= 0.6 is 22.7 Å². The number of aromatic nitrogens is 3. The molecule has 0 aliphatic carbocycles. The molecule has 0 saturated heterocycles. The lowest BCUT2D eigenvalue weighted by Gasteiger charge is -2.21. The molecule has 3 heterocycles. The smallest absolute Gasteiger partial charge is 0.266 e. The van der Waals surface area contributed by atoms with E-state index in [0.717, 1.165) is 27.7 Å². The summed E-state index contributed by atoms with van der Waals surface area (Å²) < 4.78 is 16.3. The SMILES string of the molecule is CCc1nn(-c2nccs2)cc1-c1ccc(N(C(=O)c2ccccc2F)c2ccccc2)s1. The van der Waals surface area contributed by atoms with Gasteiger partial charge in [0, 0.05) is 28.2 Å². The molecular weight excluding hydrogens is 455 g/mol. The second-order valence-electron chi connectivity index (χ2n) is 7.20. The molecule has 0 spiro atoms. The number of hydrogen-bond donors (Lipinski definition) is 0. The zero-order valence-corrected chi connectivity index (χ0v) is 19.3. The summed E-state index contributed by atoms with van der Waals surface area (Å²) in [6.45, 7) is 2.06.